The summed E-state index contributed by atoms with van der Waals surface area (Å²) in [5, 5.41) is 6.84. The summed E-state index contributed by atoms with van der Waals surface area (Å²) >= 11 is 0. The maximum Gasteiger partial charge on any atom is 0.254 e. The Bertz CT molecular complexity index is 634. The van der Waals surface area contributed by atoms with E-state index in [1.54, 1.807) is 22.8 Å². The second-order valence-electron chi connectivity index (χ2n) is 7.16. The topological polar surface area (TPSA) is 67.2 Å². The first-order valence-corrected chi connectivity index (χ1v) is 8.77. The molecule has 1 N–H and O–H groups in total. The lowest BCUT2D eigenvalue weighted by Gasteiger charge is -2.44. The number of nitrogens with zero attached hydrogens (tertiary/aromatic N) is 3. The smallest absolute Gasteiger partial charge is 0.254 e. The number of amides is 2. The Hall–Kier alpha value is -1.99. The number of nitrogens with one attached hydrogen (secondary N) is 1. The predicted molar refractivity (Wildman–Crippen MR) is 87.1 cm³/mol. The lowest BCUT2D eigenvalue weighted by molar-refractivity contribution is -0.163. The summed E-state index contributed by atoms with van der Waals surface area (Å²) in [6.45, 7) is 1.50. The molecule has 8 heteroatoms. The third-order valence-corrected chi connectivity index (χ3v) is 5.51. The van der Waals surface area contributed by atoms with Gasteiger partial charge in [-0.05, 0) is 31.6 Å². The van der Waals surface area contributed by atoms with Crippen LogP contribution in [0.3, 0.4) is 0 Å². The van der Waals surface area contributed by atoms with E-state index in [-0.39, 0.29) is 17.7 Å². The average molecular weight is 354 g/mol. The van der Waals surface area contributed by atoms with E-state index in [2.05, 4.69) is 10.4 Å². The summed E-state index contributed by atoms with van der Waals surface area (Å²) in [6, 6.07) is 0. The predicted octanol–water partition coefficient (Wildman–Crippen LogP) is 1.82. The number of alkyl halides is 2. The molecule has 0 atom stereocenters. The summed E-state index contributed by atoms with van der Waals surface area (Å²) in [5.41, 5.74) is -0.916. The molecule has 2 heterocycles. The van der Waals surface area contributed by atoms with Crippen molar-refractivity contribution in [1.29, 1.82) is 0 Å². The monoisotopic (exact) mass is 354 g/mol. The van der Waals surface area contributed by atoms with E-state index in [0.29, 0.717) is 44.5 Å². The van der Waals surface area contributed by atoms with E-state index in [9.17, 15) is 18.4 Å². The average Bonchev–Trinajstić information content (AvgIpc) is 2.98. The summed E-state index contributed by atoms with van der Waals surface area (Å²) in [4.78, 5) is 26.1. The van der Waals surface area contributed by atoms with Crippen LogP contribution in [0.4, 0.5) is 8.78 Å². The number of rotatable bonds is 5. The van der Waals surface area contributed by atoms with Gasteiger partial charge in [-0.3, -0.25) is 14.3 Å². The highest BCUT2D eigenvalue weighted by Crippen LogP contribution is 2.47. The second kappa shape index (κ2) is 7.09. The quantitative estimate of drug-likeness (QED) is 0.877. The van der Waals surface area contributed by atoms with E-state index in [1.165, 1.54) is 6.20 Å². The van der Waals surface area contributed by atoms with Crippen LogP contribution in [0.5, 0.6) is 0 Å². The molecule has 1 saturated carbocycles. The molecule has 0 aromatic carbocycles. The Kier molecular flexibility index (Phi) is 5.06. The number of piperidine rings is 1. The number of aromatic nitrogens is 2. The van der Waals surface area contributed by atoms with Gasteiger partial charge in [0.1, 0.15) is 5.41 Å². The number of likely N-dealkylation sites (tertiary alicyclic amines) is 1. The summed E-state index contributed by atoms with van der Waals surface area (Å²) in [5.74, 6) is -0.294. The van der Waals surface area contributed by atoms with Crippen molar-refractivity contribution in [2.45, 2.75) is 38.5 Å². The molecule has 1 aliphatic carbocycles. The number of hydrogen-bond donors (Lipinski definition) is 1. The second-order valence-corrected chi connectivity index (χ2v) is 7.16. The van der Waals surface area contributed by atoms with Crippen LogP contribution in [0, 0.1) is 11.3 Å². The number of hydrogen-bond acceptors (Lipinski definition) is 3. The molecule has 0 radical (unpaired) electrons. The van der Waals surface area contributed by atoms with Crippen molar-refractivity contribution in [2.75, 3.05) is 19.6 Å². The molecule has 1 saturated heterocycles. The van der Waals surface area contributed by atoms with E-state index in [1.807, 2.05) is 0 Å². The highest BCUT2D eigenvalue weighted by Gasteiger charge is 2.53. The van der Waals surface area contributed by atoms with Crippen molar-refractivity contribution in [1.82, 2.24) is 20.0 Å². The number of carbonyl (C=O) groups is 2. The maximum absolute atomic E-state index is 13.3. The zero-order valence-electron chi connectivity index (χ0n) is 14.4. The molecule has 138 valence electrons. The molecular formula is C17H24F2N4O2. The van der Waals surface area contributed by atoms with Crippen LogP contribution in [0.1, 0.15) is 42.5 Å². The highest BCUT2D eigenvalue weighted by molar-refractivity contribution is 5.93. The van der Waals surface area contributed by atoms with Crippen molar-refractivity contribution in [3.63, 3.8) is 0 Å². The Morgan fingerprint density at radius 2 is 2.04 bits per heavy atom. The van der Waals surface area contributed by atoms with Crippen LogP contribution in [-0.2, 0) is 11.8 Å². The molecule has 3 rings (SSSR count). The first-order valence-electron chi connectivity index (χ1n) is 8.77. The molecule has 2 aliphatic rings. The first-order chi connectivity index (χ1) is 11.9. The van der Waals surface area contributed by atoms with Crippen molar-refractivity contribution < 1.29 is 18.4 Å². The molecule has 0 spiro atoms. The van der Waals surface area contributed by atoms with Crippen LogP contribution >= 0.6 is 0 Å². The van der Waals surface area contributed by atoms with Crippen LogP contribution in [-0.4, -0.2) is 52.6 Å². The summed E-state index contributed by atoms with van der Waals surface area (Å²) in [7, 11) is 1.75. The van der Waals surface area contributed by atoms with Crippen LogP contribution in [0.25, 0.3) is 0 Å². The summed E-state index contributed by atoms with van der Waals surface area (Å²) in [6.07, 6.45) is 3.32. The first kappa shape index (κ1) is 17.8. The lowest BCUT2D eigenvalue weighted by Crippen LogP contribution is -2.54. The van der Waals surface area contributed by atoms with Gasteiger partial charge in [-0.15, -0.1) is 0 Å². The largest absolute Gasteiger partial charge is 0.352 e. The van der Waals surface area contributed by atoms with Crippen LogP contribution in [0.15, 0.2) is 12.4 Å². The van der Waals surface area contributed by atoms with E-state index < -0.39 is 11.8 Å². The lowest BCUT2D eigenvalue weighted by atomic mass is 9.67. The molecule has 1 aliphatic heterocycles. The van der Waals surface area contributed by atoms with Gasteiger partial charge in [0.25, 0.3) is 12.3 Å². The maximum atomic E-state index is 13.3. The Morgan fingerprint density at radius 3 is 2.52 bits per heavy atom. The van der Waals surface area contributed by atoms with Crippen molar-refractivity contribution in [3.05, 3.63) is 18.0 Å². The van der Waals surface area contributed by atoms with Gasteiger partial charge in [0, 0.05) is 32.9 Å². The molecule has 2 fully saturated rings. The molecule has 25 heavy (non-hydrogen) atoms. The van der Waals surface area contributed by atoms with Gasteiger partial charge in [0.05, 0.1) is 11.8 Å². The Labute approximate surface area is 145 Å². The van der Waals surface area contributed by atoms with Crippen LogP contribution in [0.2, 0.25) is 0 Å². The molecule has 0 unspecified atom stereocenters. The zero-order chi connectivity index (χ0) is 18.0. The van der Waals surface area contributed by atoms with Gasteiger partial charge in [-0.25, -0.2) is 8.78 Å². The SMILES string of the molecule is Cn1cc(C(=O)NCC2CCN(C(=O)C3(C(F)F)CCC3)CC2)cn1. The van der Waals surface area contributed by atoms with Gasteiger partial charge in [0.15, 0.2) is 0 Å². The molecular weight excluding hydrogens is 330 g/mol. The normalized spacial score (nSPS) is 20.4. The van der Waals surface area contributed by atoms with E-state index in [4.69, 9.17) is 0 Å². The van der Waals surface area contributed by atoms with Gasteiger partial charge in [-0.2, -0.15) is 5.10 Å². The fourth-order valence-corrected chi connectivity index (χ4v) is 3.62. The van der Waals surface area contributed by atoms with E-state index >= 15 is 0 Å². The molecule has 6 nitrogen and oxygen atoms in total. The minimum atomic E-state index is -2.58. The number of aryl methyl sites for hydroxylation is 1. The summed E-state index contributed by atoms with van der Waals surface area (Å²) < 4.78 is 28.1. The van der Waals surface area contributed by atoms with Gasteiger partial charge >= 0.3 is 0 Å². The highest BCUT2D eigenvalue weighted by atomic mass is 19.3. The Morgan fingerprint density at radius 1 is 1.36 bits per heavy atom. The van der Waals surface area contributed by atoms with Gasteiger partial charge in [-0.1, -0.05) is 6.42 Å². The van der Waals surface area contributed by atoms with Crippen LogP contribution < -0.4 is 5.32 Å². The van der Waals surface area contributed by atoms with Gasteiger partial charge in [0.2, 0.25) is 5.91 Å². The Balaban J connectivity index is 1.46. The van der Waals surface area contributed by atoms with Gasteiger partial charge < -0.3 is 10.2 Å². The number of halogens is 2. The standard InChI is InChI=1S/C17H24F2N4O2/c1-22-11-13(10-21-22)14(24)20-9-12-3-7-23(8-4-12)16(25)17(15(18)19)5-2-6-17/h10-12,15H,2-9H2,1H3,(H,20,24). The molecule has 2 amide bonds. The fourth-order valence-electron chi connectivity index (χ4n) is 3.62. The van der Waals surface area contributed by atoms with Crippen molar-refractivity contribution in [3.8, 4) is 0 Å². The minimum absolute atomic E-state index is 0.169. The third-order valence-electron chi connectivity index (χ3n) is 5.51. The zero-order valence-corrected chi connectivity index (χ0v) is 14.4. The fraction of sp³-hybridized carbons (Fsp3) is 0.706. The van der Waals surface area contributed by atoms with Crippen molar-refractivity contribution >= 4 is 11.8 Å². The molecule has 1 aromatic rings. The molecule has 0 bridgehead atoms. The number of carbonyl (C=O) groups excluding carboxylic acids is 2. The van der Waals surface area contributed by atoms with Crippen molar-refractivity contribution in [2.24, 2.45) is 18.4 Å². The third kappa shape index (κ3) is 3.52. The van der Waals surface area contributed by atoms with E-state index in [0.717, 1.165) is 12.8 Å². The molecule has 1 aromatic heterocycles. The minimum Gasteiger partial charge on any atom is -0.352 e.